The van der Waals surface area contributed by atoms with Crippen LogP contribution in [0.4, 0.5) is 5.69 Å². The maximum absolute atomic E-state index is 12.2. The van der Waals surface area contributed by atoms with Gasteiger partial charge in [-0.25, -0.2) is 4.79 Å². The molecule has 8 heteroatoms. The molecule has 1 atom stereocenters. The normalized spacial score (nSPS) is 11.6. The van der Waals surface area contributed by atoms with Gasteiger partial charge in [0.15, 0.2) is 6.10 Å². The Morgan fingerprint density at radius 3 is 2.25 bits per heavy atom. The molecule has 0 aliphatic heterocycles. The second-order valence-corrected chi connectivity index (χ2v) is 5.69. The summed E-state index contributed by atoms with van der Waals surface area (Å²) in [6.07, 6.45) is -1.06. The van der Waals surface area contributed by atoms with Gasteiger partial charge in [-0.05, 0) is 43.3 Å². The Balaban J connectivity index is 2.14. The van der Waals surface area contributed by atoms with E-state index in [2.05, 4.69) is 0 Å². The summed E-state index contributed by atoms with van der Waals surface area (Å²) in [4.78, 5) is 34.4. The van der Waals surface area contributed by atoms with Gasteiger partial charge in [0.2, 0.25) is 5.78 Å². The van der Waals surface area contributed by atoms with Crippen molar-refractivity contribution < 1.29 is 19.2 Å². The molecule has 0 amide bonds. The number of ketones is 1. The van der Waals surface area contributed by atoms with Crippen molar-refractivity contribution in [1.29, 1.82) is 0 Å². The number of hydrogen-bond donors (Lipinski definition) is 0. The van der Waals surface area contributed by atoms with E-state index in [0.717, 1.165) is 6.07 Å². The summed E-state index contributed by atoms with van der Waals surface area (Å²) in [6.45, 7) is 1.42. The Bertz CT molecular complexity index is 805. The van der Waals surface area contributed by atoms with Crippen LogP contribution in [0.3, 0.4) is 0 Å². The highest BCUT2D eigenvalue weighted by Gasteiger charge is 2.22. The van der Waals surface area contributed by atoms with Gasteiger partial charge in [0.1, 0.15) is 5.02 Å². The molecule has 0 heterocycles. The molecule has 2 aromatic rings. The Morgan fingerprint density at radius 2 is 1.67 bits per heavy atom. The zero-order chi connectivity index (χ0) is 17.9. The summed E-state index contributed by atoms with van der Waals surface area (Å²) in [5.41, 5.74) is -0.147. The molecule has 0 radical (unpaired) electrons. The first-order chi connectivity index (χ1) is 11.3. The fourth-order valence-corrected chi connectivity index (χ4v) is 2.22. The number of ether oxygens (including phenoxy) is 1. The van der Waals surface area contributed by atoms with E-state index in [1.54, 1.807) is 12.1 Å². The molecule has 0 N–H and O–H groups in total. The van der Waals surface area contributed by atoms with Gasteiger partial charge in [0.05, 0.1) is 10.5 Å². The van der Waals surface area contributed by atoms with E-state index in [9.17, 15) is 19.7 Å². The van der Waals surface area contributed by atoms with Crippen LogP contribution in [0.25, 0.3) is 0 Å². The molecule has 0 fully saturated rings. The predicted molar refractivity (Wildman–Crippen MR) is 88.8 cm³/mol. The average molecular weight is 368 g/mol. The standard InChI is InChI=1S/C16H11Cl2NO5/c1-9(15(20)10-2-5-12(17)6-3-10)24-16(21)11-4-7-13(18)14(8-11)19(22)23/h2-9H,1H3. The second kappa shape index (κ2) is 7.42. The lowest BCUT2D eigenvalue weighted by Crippen LogP contribution is -2.24. The molecule has 0 saturated carbocycles. The van der Waals surface area contributed by atoms with Crippen LogP contribution in [0, 0.1) is 10.1 Å². The Morgan fingerprint density at radius 1 is 1.08 bits per heavy atom. The van der Waals surface area contributed by atoms with Crippen molar-refractivity contribution in [2.75, 3.05) is 0 Å². The molecule has 0 aliphatic carbocycles. The molecule has 0 aromatic heterocycles. The first-order valence-corrected chi connectivity index (χ1v) is 7.50. The highest BCUT2D eigenvalue weighted by molar-refractivity contribution is 6.32. The average Bonchev–Trinajstić information content (AvgIpc) is 2.54. The van der Waals surface area contributed by atoms with E-state index in [0.29, 0.717) is 10.6 Å². The van der Waals surface area contributed by atoms with Crippen molar-refractivity contribution in [2.24, 2.45) is 0 Å². The number of carbonyl (C=O) groups excluding carboxylic acids is 2. The first kappa shape index (κ1) is 17.9. The lowest BCUT2D eigenvalue weighted by atomic mass is 10.1. The van der Waals surface area contributed by atoms with Gasteiger partial charge in [0.25, 0.3) is 5.69 Å². The van der Waals surface area contributed by atoms with E-state index < -0.39 is 28.5 Å². The van der Waals surface area contributed by atoms with E-state index in [1.165, 1.54) is 31.2 Å². The minimum Gasteiger partial charge on any atom is -0.451 e. The molecule has 2 rings (SSSR count). The van der Waals surface area contributed by atoms with Gasteiger partial charge in [-0.15, -0.1) is 0 Å². The fourth-order valence-electron chi connectivity index (χ4n) is 1.91. The lowest BCUT2D eigenvalue weighted by Gasteiger charge is -2.12. The van der Waals surface area contributed by atoms with Gasteiger partial charge in [-0.2, -0.15) is 0 Å². The Labute approximate surface area is 147 Å². The first-order valence-electron chi connectivity index (χ1n) is 6.74. The SMILES string of the molecule is CC(OC(=O)c1ccc(Cl)c([N+](=O)[O-])c1)C(=O)c1ccc(Cl)cc1. The van der Waals surface area contributed by atoms with Crippen molar-refractivity contribution >= 4 is 40.6 Å². The fraction of sp³-hybridized carbons (Fsp3) is 0.125. The minimum absolute atomic E-state index is 0.0677. The van der Waals surface area contributed by atoms with Crippen LogP contribution in [0.15, 0.2) is 42.5 Å². The quantitative estimate of drug-likeness (QED) is 0.339. The predicted octanol–water partition coefficient (Wildman–Crippen LogP) is 4.33. The van der Waals surface area contributed by atoms with E-state index >= 15 is 0 Å². The minimum atomic E-state index is -1.06. The van der Waals surface area contributed by atoms with Crippen molar-refractivity contribution in [3.05, 3.63) is 73.8 Å². The number of nitrogens with zero attached hydrogens (tertiary/aromatic N) is 1. The molecule has 0 aliphatic rings. The maximum Gasteiger partial charge on any atom is 0.339 e. The van der Waals surface area contributed by atoms with Crippen molar-refractivity contribution in [1.82, 2.24) is 0 Å². The maximum atomic E-state index is 12.2. The van der Waals surface area contributed by atoms with Crippen LogP contribution in [-0.2, 0) is 4.74 Å². The van der Waals surface area contributed by atoms with Gasteiger partial charge in [0, 0.05) is 16.7 Å². The third-order valence-electron chi connectivity index (χ3n) is 3.16. The number of nitro groups is 1. The number of halogens is 2. The monoisotopic (exact) mass is 367 g/mol. The van der Waals surface area contributed by atoms with E-state index in [4.69, 9.17) is 27.9 Å². The molecule has 24 heavy (non-hydrogen) atoms. The van der Waals surface area contributed by atoms with Crippen LogP contribution in [0.1, 0.15) is 27.6 Å². The summed E-state index contributed by atoms with van der Waals surface area (Å²) >= 11 is 11.4. The molecular formula is C16H11Cl2NO5. The second-order valence-electron chi connectivity index (χ2n) is 4.84. The van der Waals surface area contributed by atoms with Gasteiger partial charge < -0.3 is 4.74 Å². The number of hydrogen-bond acceptors (Lipinski definition) is 5. The molecule has 0 bridgehead atoms. The largest absolute Gasteiger partial charge is 0.451 e. The molecule has 0 saturated heterocycles. The highest BCUT2D eigenvalue weighted by Crippen LogP contribution is 2.25. The Kier molecular flexibility index (Phi) is 5.54. The highest BCUT2D eigenvalue weighted by atomic mass is 35.5. The smallest absolute Gasteiger partial charge is 0.339 e. The van der Waals surface area contributed by atoms with Crippen molar-refractivity contribution in [2.45, 2.75) is 13.0 Å². The summed E-state index contributed by atoms with van der Waals surface area (Å²) < 4.78 is 5.07. The zero-order valence-corrected chi connectivity index (χ0v) is 13.9. The number of carbonyl (C=O) groups is 2. The van der Waals surface area contributed by atoms with Crippen LogP contribution in [-0.4, -0.2) is 22.8 Å². The molecule has 1 unspecified atom stereocenters. The van der Waals surface area contributed by atoms with Crippen LogP contribution in [0.2, 0.25) is 10.0 Å². The topological polar surface area (TPSA) is 86.5 Å². The summed E-state index contributed by atoms with van der Waals surface area (Å²) in [6, 6.07) is 9.64. The van der Waals surface area contributed by atoms with Crippen LogP contribution < -0.4 is 0 Å². The molecule has 2 aromatic carbocycles. The third kappa shape index (κ3) is 4.10. The number of esters is 1. The third-order valence-corrected chi connectivity index (χ3v) is 3.73. The number of benzene rings is 2. The summed E-state index contributed by atoms with van der Waals surface area (Å²) in [7, 11) is 0. The molecule has 6 nitrogen and oxygen atoms in total. The lowest BCUT2D eigenvalue weighted by molar-refractivity contribution is -0.384. The number of Topliss-reactive ketones (excluding diaryl/α,β-unsaturated/α-hetero) is 1. The van der Waals surface area contributed by atoms with E-state index in [-0.39, 0.29) is 10.6 Å². The summed E-state index contributed by atoms with van der Waals surface area (Å²) in [5.74, 6) is -1.27. The number of nitro benzene ring substituents is 1. The molecule has 0 spiro atoms. The zero-order valence-electron chi connectivity index (χ0n) is 12.4. The van der Waals surface area contributed by atoms with Crippen molar-refractivity contribution in [3.8, 4) is 0 Å². The van der Waals surface area contributed by atoms with Crippen LogP contribution in [0.5, 0.6) is 0 Å². The van der Waals surface area contributed by atoms with E-state index in [1.807, 2.05) is 0 Å². The van der Waals surface area contributed by atoms with Crippen LogP contribution >= 0.6 is 23.2 Å². The number of rotatable bonds is 5. The van der Waals surface area contributed by atoms with Gasteiger partial charge >= 0.3 is 5.97 Å². The molecule has 124 valence electrons. The summed E-state index contributed by atoms with van der Waals surface area (Å²) in [5, 5.41) is 11.2. The van der Waals surface area contributed by atoms with Gasteiger partial charge in [-0.1, -0.05) is 23.2 Å². The van der Waals surface area contributed by atoms with Gasteiger partial charge in [-0.3, -0.25) is 14.9 Å². The molecular weight excluding hydrogens is 357 g/mol. The van der Waals surface area contributed by atoms with Crippen molar-refractivity contribution in [3.63, 3.8) is 0 Å². The Hall–Kier alpha value is -2.44.